The van der Waals surface area contributed by atoms with E-state index in [1.54, 1.807) is 30.5 Å². The highest BCUT2D eigenvalue weighted by atomic mass is 32.2. The van der Waals surface area contributed by atoms with Gasteiger partial charge in [-0.25, -0.2) is 23.1 Å². The molecule has 0 fully saturated rings. The van der Waals surface area contributed by atoms with Gasteiger partial charge in [-0.05, 0) is 48.0 Å². The predicted octanol–water partition coefficient (Wildman–Crippen LogP) is 2.73. The van der Waals surface area contributed by atoms with Crippen LogP contribution >= 0.6 is 0 Å². The lowest BCUT2D eigenvalue weighted by atomic mass is 10.1. The molecule has 2 atom stereocenters. The van der Waals surface area contributed by atoms with Crippen LogP contribution in [0.15, 0.2) is 83.1 Å². The standard InChI is InChI=1S/C23H21N5O5S/c1-33-22-18(15-26-28(22)21(30)17-7-9-19(29)10-8-17)6-3-16-4-11-20(12-5-16)34(31,32)27-23-24-13-2-14-25-23/h2-15,18,22,29H,1H3,(H,24,25,27)/b6-3+. The van der Waals surface area contributed by atoms with Crippen molar-refractivity contribution in [1.82, 2.24) is 15.0 Å². The molecule has 4 rings (SSSR count). The second-order valence-corrected chi connectivity index (χ2v) is 8.95. The average molecular weight is 480 g/mol. The number of ether oxygens (including phenoxy) is 1. The summed E-state index contributed by atoms with van der Waals surface area (Å²) < 4.78 is 32.8. The maximum Gasteiger partial charge on any atom is 0.276 e. The van der Waals surface area contributed by atoms with Crippen LogP contribution in [0, 0.1) is 5.92 Å². The van der Waals surface area contributed by atoms with Gasteiger partial charge in [-0.15, -0.1) is 0 Å². The Kier molecular flexibility index (Phi) is 6.66. The third kappa shape index (κ3) is 5.11. The summed E-state index contributed by atoms with van der Waals surface area (Å²) in [6, 6.07) is 13.7. The van der Waals surface area contributed by atoms with Crippen molar-refractivity contribution in [3.05, 3.63) is 84.2 Å². The summed E-state index contributed by atoms with van der Waals surface area (Å²) in [7, 11) is -2.33. The minimum Gasteiger partial charge on any atom is -0.508 e. The Bertz CT molecular complexity index is 1310. The molecule has 2 aromatic carbocycles. The number of nitrogens with zero attached hydrogens (tertiary/aromatic N) is 4. The molecule has 1 amide bonds. The number of hydrogen-bond acceptors (Lipinski definition) is 8. The normalized spacial score (nSPS) is 17.9. The van der Waals surface area contributed by atoms with E-state index in [4.69, 9.17) is 4.74 Å². The summed E-state index contributed by atoms with van der Waals surface area (Å²) in [5.41, 5.74) is 1.12. The maximum absolute atomic E-state index is 12.8. The first-order chi connectivity index (χ1) is 16.4. The van der Waals surface area contributed by atoms with Crippen LogP contribution in [0.2, 0.25) is 0 Å². The molecule has 2 unspecified atom stereocenters. The van der Waals surface area contributed by atoms with E-state index in [2.05, 4.69) is 19.8 Å². The van der Waals surface area contributed by atoms with Gasteiger partial charge in [0.15, 0.2) is 6.23 Å². The summed E-state index contributed by atoms with van der Waals surface area (Å²) >= 11 is 0. The number of amides is 1. The van der Waals surface area contributed by atoms with Gasteiger partial charge in [0.05, 0.1) is 10.8 Å². The zero-order valence-electron chi connectivity index (χ0n) is 18.0. The fraction of sp³-hybridized carbons (Fsp3) is 0.130. The number of carbonyl (C=O) groups excluding carboxylic acids is 1. The lowest BCUT2D eigenvalue weighted by Crippen LogP contribution is -2.37. The number of methoxy groups -OCH3 is 1. The van der Waals surface area contributed by atoms with E-state index in [-0.39, 0.29) is 28.4 Å². The molecule has 3 aromatic rings. The zero-order valence-corrected chi connectivity index (χ0v) is 18.8. The van der Waals surface area contributed by atoms with Gasteiger partial charge < -0.3 is 9.84 Å². The van der Waals surface area contributed by atoms with Gasteiger partial charge >= 0.3 is 0 Å². The van der Waals surface area contributed by atoms with E-state index in [1.807, 2.05) is 6.08 Å². The number of sulfonamides is 1. The topological polar surface area (TPSA) is 134 Å². The number of aromatic nitrogens is 2. The van der Waals surface area contributed by atoms with Crippen molar-refractivity contribution >= 4 is 34.2 Å². The van der Waals surface area contributed by atoms with E-state index < -0.39 is 16.3 Å². The fourth-order valence-electron chi connectivity index (χ4n) is 3.27. The summed E-state index contributed by atoms with van der Waals surface area (Å²) in [5.74, 6) is -0.618. The van der Waals surface area contributed by atoms with Gasteiger partial charge in [0.1, 0.15) is 5.75 Å². The smallest absolute Gasteiger partial charge is 0.276 e. The third-order valence-electron chi connectivity index (χ3n) is 4.99. The molecular formula is C23H21N5O5S. The molecule has 0 saturated heterocycles. The van der Waals surface area contributed by atoms with Crippen LogP contribution in [0.4, 0.5) is 5.95 Å². The van der Waals surface area contributed by atoms with Crippen molar-refractivity contribution in [2.45, 2.75) is 11.1 Å². The minimum atomic E-state index is -3.82. The number of nitrogens with one attached hydrogen (secondary N) is 1. The first kappa shape index (κ1) is 23.1. The minimum absolute atomic E-state index is 0.0102. The zero-order chi connectivity index (χ0) is 24.1. The molecule has 0 radical (unpaired) electrons. The average Bonchev–Trinajstić information content (AvgIpc) is 3.26. The number of hydrazone groups is 1. The van der Waals surface area contributed by atoms with Gasteiger partial charge in [-0.2, -0.15) is 10.1 Å². The molecule has 34 heavy (non-hydrogen) atoms. The van der Waals surface area contributed by atoms with Crippen LogP contribution in [-0.2, 0) is 14.8 Å². The molecular weight excluding hydrogens is 458 g/mol. The van der Waals surface area contributed by atoms with Crippen LogP contribution in [0.3, 0.4) is 0 Å². The van der Waals surface area contributed by atoms with E-state index in [9.17, 15) is 18.3 Å². The number of carbonyl (C=O) groups is 1. The lowest BCUT2D eigenvalue weighted by molar-refractivity contribution is -0.0186. The van der Waals surface area contributed by atoms with Crippen molar-refractivity contribution in [3.63, 3.8) is 0 Å². The molecule has 0 bridgehead atoms. The van der Waals surface area contributed by atoms with Crippen molar-refractivity contribution < 1.29 is 23.1 Å². The van der Waals surface area contributed by atoms with E-state index in [1.165, 1.54) is 60.9 Å². The second kappa shape index (κ2) is 9.81. The highest BCUT2D eigenvalue weighted by Gasteiger charge is 2.34. The van der Waals surface area contributed by atoms with Gasteiger partial charge in [-0.1, -0.05) is 24.3 Å². The predicted molar refractivity (Wildman–Crippen MR) is 125 cm³/mol. The molecule has 2 N–H and O–H groups in total. The van der Waals surface area contributed by atoms with Crippen LogP contribution in [-0.4, -0.2) is 54.0 Å². The Morgan fingerprint density at radius 2 is 1.76 bits per heavy atom. The number of aromatic hydroxyl groups is 1. The molecule has 1 aliphatic rings. The van der Waals surface area contributed by atoms with Crippen molar-refractivity contribution in [3.8, 4) is 5.75 Å². The highest BCUT2D eigenvalue weighted by molar-refractivity contribution is 7.92. The number of benzene rings is 2. The van der Waals surface area contributed by atoms with Crippen molar-refractivity contribution in [2.24, 2.45) is 11.0 Å². The monoisotopic (exact) mass is 479 g/mol. The van der Waals surface area contributed by atoms with Gasteiger partial charge in [0, 0.05) is 31.3 Å². The Morgan fingerprint density at radius 3 is 2.41 bits per heavy atom. The molecule has 1 aliphatic heterocycles. The molecule has 174 valence electrons. The summed E-state index contributed by atoms with van der Waals surface area (Å²) in [4.78, 5) is 20.6. The molecule has 0 aliphatic carbocycles. The van der Waals surface area contributed by atoms with Crippen molar-refractivity contribution in [1.29, 1.82) is 0 Å². The van der Waals surface area contributed by atoms with E-state index >= 15 is 0 Å². The number of phenolic OH excluding ortho intramolecular Hbond substituents is 1. The quantitative estimate of drug-likeness (QED) is 0.532. The SMILES string of the molecule is COC1C(/C=C/c2ccc(S(=O)(=O)Nc3ncccn3)cc2)C=NN1C(=O)c1ccc(O)cc1. The number of hydrogen-bond donors (Lipinski definition) is 2. The molecule has 10 nitrogen and oxygen atoms in total. The third-order valence-corrected chi connectivity index (χ3v) is 6.33. The molecule has 0 spiro atoms. The van der Waals surface area contributed by atoms with Crippen LogP contribution in [0.5, 0.6) is 5.75 Å². The summed E-state index contributed by atoms with van der Waals surface area (Å²) in [5, 5.41) is 14.9. The largest absolute Gasteiger partial charge is 0.508 e. The molecule has 2 heterocycles. The van der Waals surface area contributed by atoms with Gasteiger partial charge in [0.2, 0.25) is 5.95 Å². The number of anilines is 1. The molecule has 0 saturated carbocycles. The van der Waals surface area contributed by atoms with Crippen LogP contribution < -0.4 is 4.72 Å². The molecule has 1 aromatic heterocycles. The van der Waals surface area contributed by atoms with Crippen LogP contribution in [0.25, 0.3) is 6.08 Å². The maximum atomic E-state index is 12.8. The second-order valence-electron chi connectivity index (χ2n) is 7.27. The molecule has 11 heteroatoms. The van der Waals surface area contributed by atoms with Crippen LogP contribution in [0.1, 0.15) is 15.9 Å². The van der Waals surface area contributed by atoms with Crippen molar-refractivity contribution in [2.75, 3.05) is 11.8 Å². The first-order valence-corrected chi connectivity index (χ1v) is 11.6. The fourth-order valence-corrected chi connectivity index (χ4v) is 4.23. The Balaban J connectivity index is 1.43. The van der Waals surface area contributed by atoms with Gasteiger partial charge in [-0.3, -0.25) is 4.79 Å². The summed E-state index contributed by atoms with van der Waals surface area (Å²) in [6.45, 7) is 0. The van der Waals surface area contributed by atoms with Gasteiger partial charge in [0.25, 0.3) is 15.9 Å². The number of rotatable bonds is 7. The highest BCUT2D eigenvalue weighted by Crippen LogP contribution is 2.24. The Labute approximate surface area is 196 Å². The number of phenols is 1. The lowest BCUT2D eigenvalue weighted by Gasteiger charge is -2.23. The Hall–Kier alpha value is -4.09. The van der Waals surface area contributed by atoms with E-state index in [0.29, 0.717) is 5.56 Å². The Morgan fingerprint density at radius 1 is 1.09 bits per heavy atom. The summed E-state index contributed by atoms with van der Waals surface area (Å²) in [6.07, 6.45) is 7.45. The first-order valence-electron chi connectivity index (χ1n) is 10.1. The van der Waals surface area contributed by atoms with E-state index in [0.717, 1.165) is 5.56 Å².